The van der Waals surface area contributed by atoms with E-state index >= 15 is 0 Å². The molecule has 1 aromatic carbocycles. The van der Waals surface area contributed by atoms with Gasteiger partial charge in [0.25, 0.3) is 0 Å². The highest BCUT2D eigenvalue weighted by Crippen LogP contribution is 2.39. The number of hydrogen-bond donors (Lipinski definition) is 1. The zero-order valence-corrected chi connectivity index (χ0v) is 12.2. The quantitative estimate of drug-likeness (QED) is 0.674. The first-order chi connectivity index (χ1) is 8.99. The minimum Gasteiger partial charge on any atom is -0.483 e. The molecule has 1 N–H and O–H groups in total. The second kappa shape index (κ2) is 5.88. The summed E-state index contributed by atoms with van der Waals surface area (Å²) in [7, 11) is 0. The van der Waals surface area contributed by atoms with Crippen LogP contribution in [0, 0.1) is 10.1 Å². The summed E-state index contributed by atoms with van der Waals surface area (Å²) >= 11 is 3.23. The first kappa shape index (κ1) is 14.3. The second-order valence-electron chi connectivity index (χ2n) is 4.80. The van der Waals surface area contributed by atoms with E-state index in [1.807, 2.05) is 0 Å². The van der Waals surface area contributed by atoms with Crippen LogP contribution in [0.25, 0.3) is 0 Å². The van der Waals surface area contributed by atoms with E-state index in [0.29, 0.717) is 10.0 Å². The summed E-state index contributed by atoms with van der Waals surface area (Å²) in [6, 6.07) is 3.08. The van der Waals surface area contributed by atoms with Gasteiger partial charge in [-0.25, -0.2) is 0 Å². The molecule has 0 amide bonds. The van der Waals surface area contributed by atoms with Crippen molar-refractivity contribution in [2.24, 2.45) is 0 Å². The molecule has 0 saturated heterocycles. The van der Waals surface area contributed by atoms with Crippen molar-refractivity contribution in [2.45, 2.75) is 44.8 Å². The molecule has 0 bridgehead atoms. The van der Waals surface area contributed by atoms with Crippen LogP contribution >= 0.6 is 15.9 Å². The van der Waals surface area contributed by atoms with E-state index in [1.54, 1.807) is 13.0 Å². The van der Waals surface area contributed by atoms with Crippen molar-refractivity contribution in [1.29, 1.82) is 0 Å². The van der Waals surface area contributed by atoms with Crippen LogP contribution in [0.5, 0.6) is 5.75 Å². The molecule has 104 valence electrons. The highest BCUT2D eigenvalue weighted by Gasteiger charge is 2.27. The molecule has 1 fully saturated rings. The molecule has 5 nitrogen and oxygen atoms in total. The van der Waals surface area contributed by atoms with Gasteiger partial charge in [0.1, 0.15) is 0 Å². The standard InChI is InChI=1S/C13H16BrNO4/c1-8(16)11-6-9(14)7-12(15(17)18)13(11)19-10-4-2-3-5-10/h6-8,10,16H,2-5H2,1H3. The topological polar surface area (TPSA) is 72.6 Å². The fourth-order valence-corrected chi connectivity index (χ4v) is 2.81. The predicted octanol–water partition coefficient (Wildman–Crippen LogP) is 3.73. The number of nitrogens with zero attached hydrogens (tertiary/aromatic N) is 1. The first-order valence-electron chi connectivity index (χ1n) is 6.31. The van der Waals surface area contributed by atoms with Crippen molar-refractivity contribution in [3.05, 3.63) is 32.3 Å². The van der Waals surface area contributed by atoms with Crippen LogP contribution in [0.1, 0.15) is 44.3 Å². The third-order valence-corrected chi connectivity index (χ3v) is 3.75. The number of rotatable bonds is 4. The Hall–Kier alpha value is -1.14. The molecule has 1 aromatic rings. The molecule has 1 aliphatic rings. The molecule has 2 rings (SSSR count). The molecule has 1 aliphatic carbocycles. The number of aliphatic hydroxyl groups excluding tert-OH is 1. The van der Waals surface area contributed by atoms with Gasteiger partial charge < -0.3 is 9.84 Å². The largest absolute Gasteiger partial charge is 0.483 e. The fourth-order valence-electron chi connectivity index (χ4n) is 2.35. The maximum absolute atomic E-state index is 11.1. The van der Waals surface area contributed by atoms with E-state index in [2.05, 4.69) is 15.9 Å². The van der Waals surface area contributed by atoms with Gasteiger partial charge in [0.05, 0.1) is 17.1 Å². The monoisotopic (exact) mass is 329 g/mol. The number of nitro groups is 1. The summed E-state index contributed by atoms with van der Waals surface area (Å²) in [6.45, 7) is 1.58. The molecule has 0 radical (unpaired) electrons. The zero-order valence-electron chi connectivity index (χ0n) is 10.6. The lowest BCUT2D eigenvalue weighted by Gasteiger charge is -2.18. The third kappa shape index (κ3) is 3.25. The second-order valence-corrected chi connectivity index (χ2v) is 5.72. The van der Waals surface area contributed by atoms with Gasteiger partial charge in [-0.2, -0.15) is 0 Å². The molecule has 0 spiro atoms. The Labute approximate surface area is 119 Å². The number of ether oxygens (including phenoxy) is 1. The Morgan fingerprint density at radius 3 is 2.63 bits per heavy atom. The summed E-state index contributed by atoms with van der Waals surface area (Å²) in [6.07, 6.45) is 3.18. The maximum atomic E-state index is 11.1. The fraction of sp³-hybridized carbons (Fsp3) is 0.538. The third-order valence-electron chi connectivity index (χ3n) is 3.30. The summed E-state index contributed by atoms with van der Waals surface area (Å²) in [4.78, 5) is 10.7. The van der Waals surface area contributed by atoms with Crippen molar-refractivity contribution in [2.75, 3.05) is 0 Å². The summed E-state index contributed by atoms with van der Waals surface area (Å²) < 4.78 is 6.36. The van der Waals surface area contributed by atoms with Crippen molar-refractivity contribution in [3.63, 3.8) is 0 Å². The van der Waals surface area contributed by atoms with Crippen LogP contribution in [-0.4, -0.2) is 16.1 Å². The van der Waals surface area contributed by atoms with Gasteiger partial charge in [-0.15, -0.1) is 0 Å². The van der Waals surface area contributed by atoms with Gasteiger partial charge >= 0.3 is 5.69 Å². The van der Waals surface area contributed by atoms with Crippen molar-refractivity contribution in [3.8, 4) is 5.75 Å². The van der Waals surface area contributed by atoms with Gasteiger partial charge in [0.2, 0.25) is 5.75 Å². The predicted molar refractivity (Wildman–Crippen MR) is 74.3 cm³/mol. The van der Waals surface area contributed by atoms with Gasteiger partial charge in [0.15, 0.2) is 0 Å². The molecule has 6 heteroatoms. The number of nitro benzene ring substituents is 1. The lowest BCUT2D eigenvalue weighted by atomic mass is 10.1. The number of benzene rings is 1. The Bertz CT molecular complexity index is 484. The van der Waals surface area contributed by atoms with Crippen molar-refractivity contribution in [1.82, 2.24) is 0 Å². The van der Waals surface area contributed by atoms with Crippen LogP contribution in [-0.2, 0) is 0 Å². The Kier molecular flexibility index (Phi) is 4.42. The van der Waals surface area contributed by atoms with Crippen LogP contribution in [0.2, 0.25) is 0 Å². The Morgan fingerprint density at radius 1 is 1.47 bits per heavy atom. The molecule has 0 aromatic heterocycles. The summed E-state index contributed by atoms with van der Waals surface area (Å²) in [5, 5.41) is 20.9. The van der Waals surface area contributed by atoms with Gasteiger partial charge in [-0.1, -0.05) is 15.9 Å². The van der Waals surface area contributed by atoms with E-state index in [1.165, 1.54) is 6.07 Å². The Balaban J connectivity index is 2.43. The number of aliphatic hydroxyl groups is 1. The van der Waals surface area contributed by atoms with E-state index in [9.17, 15) is 15.2 Å². The SMILES string of the molecule is CC(O)c1cc(Br)cc([N+](=O)[O-])c1OC1CCCC1. The van der Waals surface area contributed by atoms with Crippen LogP contribution in [0.3, 0.4) is 0 Å². The summed E-state index contributed by atoms with van der Waals surface area (Å²) in [5.41, 5.74) is 0.352. The normalized spacial score (nSPS) is 17.4. The van der Waals surface area contributed by atoms with E-state index in [-0.39, 0.29) is 17.5 Å². The zero-order chi connectivity index (χ0) is 14.0. The molecular formula is C13H16BrNO4. The van der Waals surface area contributed by atoms with Crippen LogP contribution in [0.4, 0.5) is 5.69 Å². The highest BCUT2D eigenvalue weighted by molar-refractivity contribution is 9.10. The maximum Gasteiger partial charge on any atom is 0.312 e. The Morgan fingerprint density at radius 2 is 2.11 bits per heavy atom. The molecule has 19 heavy (non-hydrogen) atoms. The highest BCUT2D eigenvalue weighted by atomic mass is 79.9. The van der Waals surface area contributed by atoms with E-state index in [4.69, 9.17) is 4.74 Å². The molecular weight excluding hydrogens is 314 g/mol. The lowest BCUT2D eigenvalue weighted by molar-refractivity contribution is -0.386. The van der Waals surface area contributed by atoms with Crippen molar-refractivity contribution >= 4 is 21.6 Å². The van der Waals surface area contributed by atoms with Gasteiger partial charge in [-0.3, -0.25) is 10.1 Å². The molecule has 1 atom stereocenters. The molecule has 1 unspecified atom stereocenters. The number of halogens is 1. The van der Waals surface area contributed by atoms with Crippen molar-refractivity contribution < 1.29 is 14.8 Å². The minimum absolute atomic E-state index is 0.0115. The van der Waals surface area contributed by atoms with Crippen LogP contribution < -0.4 is 4.74 Å². The average Bonchev–Trinajstić information content (AvgIpc) is 2.83. The summed E-state index contributed by atoms with van der Waals surface area (Å²) in [5.74, 6) is 0.204. The molecule has 0 aliphatic heterocycles. The van der Waals surface area contributed by atoms with Crippen LogP contribution in [0.15, 0.2) is 16.6 Å². The molecule has 0 heterocycles. The van der Waals surface area contributed by atoms with Gasteiger partial charge in [0, 0.05) is 16.1 Å². The first-order valence-corrected chi connectivity index (χ1v) is 7.11. The van der Waals surface area contributed by atoms with E-state index in [0.717, 1.165) is 25.7 Å². The smallest absolute Gasteiger partial charge is 0.312 e. The lowest BCUT2D eigenvalue weighted by Crippen LogP contribution is -2.14. The average molecular weight is 330 g/mol. The van der Waals surface area contributed by atoms with E-state index < -0.39 is 11.0 Å². The number of hydrogen-bond acceptors (Lipinski definition) is 4. The van der Waals surface area contributed by atoms with Gasteiger partial charge in [-0.05, 0) is 38.7 Å². The molecule has 1 saturated carbocycles. The minimum atomic E-state index is -0.812.